The molecule has 2 fully saturated rings. The van der Waals surface area contributed by atoms with Gasteiger partial charge in [0, 0.05) is 31.3 Å². The van der Waals surface area contributed by atoms with E-state index in [2.05, 4.69) is 15.5 Å². The Kier molecular flexibility index (Phi) is 5.96. The third-order valence-corrected chi connectivity index (χ3v) is 6.63. The van der Waals surface area contributed by atoms with Gasteiger partial charge in [-0.05, 0) is 42.9 Å². The number of benzene rings is 1. The molecule has 1 aromatic carbocycles. The summed E-state index contributed by atoms with van der Waals surface area (Å²) in [6, 6.07) is 4.44. The summed E-state index contributed by atoms with van der Waals surface area (Å²) in [6.07, 6.45) is 9.99. The molecule has 2 saturated heterocycles. The number of hydrogen-bond donors (Lipinski definition) is 3. The Morgan fingerprint density at radius 1 is 1.17 bits per heavy atom. The van der Waals surface area contributed by atoms with Crippen molar-refractivity contribution >= 4 is 22.7 Å². The molecule has 2 aliphatic rings. The highest BCUT2D eigenvalue weighted by Crippen LogP contribution is 2.30. The Morgan fingerprint density at radius 2 is 1.93 bits per heavy atom. The first-order chi connectivity index (χ1) is 14.1. The van der Waals surface area contributed by atoms with Crippen molar-refractivity contribution in [1.82, 2.24) is 15.5 Å². The van der Waals surface area contributed by atoms with Crippen LogP contribution in [0.15, 0.2) is 18.3 Å². The fourth-order valence-electron chi connectivity index (χ4n) is 5.17. The van der Waals surface area contributed by atoms with Crippen LogP contribution in [-0.2, 0) is 22.4 Å². The second-order valence-electron chi connectivity index (χ2n) is 8.50. The van der Waals surface area contributed by atoms with Gasteiger partial charge in [0.25, 0.3) is 0 Å². The van der Waals surface area contributed by atoms with Crippen LogP contribution in [0.4, 0.5) is 0 Å². The Morgan fingerprint density at radius 3 is 2.66 bits per heavy atom. The number of rotatable bonds is 6. The topological polar surface area (TPSA) is 101 Å². The molecule has 0 unspecified atom stereocenters. The fraction of sp³-hybridized carbons (Fsp3) is 0.545. The van der Waals surface area contributed by atoms with Crippen LogP contribution in [0.25, 0.3) is 10.9 Å². The number of nitrogens with one attached hydrogen (secondary N) is 2. The average molecular weight is 398 g/mol. The van der Waals surface area contributed by atoms with Crippen LogP contribution in [0.2, 0.25) is 0 Å². The molecule has 0 atom stereocenters. The molecule has 3 heterocycles. The van der Waals surface area contributed by atoms with E-state index in [1.807, 2.05) is 18.6 Å². The minimum absolute atomic E-state index is 0.162. The van der Waals surface area contributed by atoms with Gasteiger partial charge >= 0.3 is 5.91 Å². The second kappa shape index (κ2) is 8.63. The lowest BCUT2D eigenvalue weighted by Gasteiger charge is -2.46. The number of carbonyl (C=O) groups is 2. The minimum Gasteiger partial charge on any atom is -0.369 e. The molecular weight excluding hydrogens is 366 g/mol. The van der Waals surface area contributed by atoms with E-state index in [0.717, 1.165) is 73.9 Å². The number of amides is 2. The number of carbonyl (C=O) groups excluding carboxylic acids is 2. The first kappa shape index (κ1) is 20.0. The van der Waals surface area contributed by atoms with Gasteiger partial charge in [-0.15, -0.1) is 0 Å². The largest absolute Gasteiger partial charge is 0.369 e. The first-order valence-electron chi connectivity index (χ1n) is 10.8. The fourth-order valence-corrected chi connectivity index (χ4v) is 5.17. The van der Waals surface area contributed by atoms with Crippen molar-refractivity contribution in [3.8, 4) is 0 Å². The normalized spacial score (nSPS) is 20.0. The molecule has 0 spiro atoms. The number of likely N-dealkylation sites (tertiary alicyclic amines) is 1. The molecule has 155 valence electrons. The molecule has 4 rings (SSSR count). The SMILES string of the molecule is NC(=O)Cc1cc(C[CH]C(=O)[N+]2(C3CCNCC3)CCCCC2)cc2cn[nH]c12. The maximum atomic E-state index is 13.5. The zero-order valence-electron chi connectivity index (χ0n) is 17.0. The Bertz CT molecular complexity index is 878. The van der Waals surface area contributed by atoms with Gasteiger partial charge in [0.15, 0.2) is 0 Å². The zero-order chi connectivity index (χ0) is 20.3. The number of H-pyrrole nitrogens is 1. The highest BCUT2D eigenvalue weighted by atomic mass is 16.2. The van der Waals surface area contributed by atoms with Gasteiger partial charge in [0.2, 0.25) is 5.91 Å². The summed E-state index contributed by atoms with van der Waals surface area (Å²) in [5.41, 5.74) is 8.11. The number of primary amides is 1. The summed E-state index contributed by atoms with van der Waals surface area (Å²) in [6.45, 7) is 3.94. The number of piperidine rings is 2. The molecule has 0 bridgehead atoms. The van der Waals surface area contributed by atoms with Crippen molar-refractivity contribution in [3.63, 3.8) is 0 Å². The van der Waals surface area contributed by atoms with Crippen LogP contribution in [0.5, 0.6) is 0 Å². The lowest BCUT2D eigenvalue weighted by atomic mass is 9.94. The number of quaternary nitrogens is 1. The summed E-state index contributed by atoms with van der Waals surface area (Å²) in [5, 5.41) is 11.4. The van der Waals surface area contributed by atoms with Gasteiger partial charge < -0.3 is 11.1 Å². The van der Waals surface area contributed by atoms with E-state index in [4.69, 9.17) is 5.73 Å². The van der Waals surface area contributed by atoms with Crippen molar-refractivity contribution in [2.24, 2.45) is 5.73 Å². The number of fused-ring (bicyclic) bond motifs is 1. The molecule has 2 aromatic rings. The molecule has 7 nitrogen and oxygen atoms in total. The average Bonchev–Trinajstić information content (AvgIpc) is 3.22. The van der Waals surface area contributed by atoms with Crippen LogP contribution >= 0.6 is 0 Å². The summed E-state index contributed by atoms with van der Waals surface area (Å²) >= 11 is 0. The van der Waals surface area contributed by atoms with E-state index < -0.39 is 0 Å². The van der Waals surface area contributed by atoms with Crippen molar-refractivity contribution < 1.29 is 14.1 Å². The Balaban J connectivity index is 1.52. The molecule has 29 heavy (non-hydrogen) atoms. The predicted molar refractivity (Wildman–Crippen MR) is 112 cm³/mol. The summed E-state index contributed by atoms with van der Waals surface area (Å²) in [4.78, 5) is 24.9. The van der Waals surface area contributed by atoms with Gasteiger partial charge in [-0.25, -0.2) is 4.79 Å². The number of aromatic amines is 1. The van der Waals surface area contributed by atoms with E-state index in [1.54, 1.807) is 6.20 Å². The van der Waals surface area contributed by atoms with E-state index in [1.165, 1.54) is 6.42 Å². The maximum absolute atomic E-state index is 13.5. The monoisotopic (exact) mass is 397 g/mol. The van der Waals surface area contributed by atoms with Crippen molar-refractivity contribution in [2.45, 2.75) is 51.0 Å². The van der Waals surface area contributed by atoms with Gasteiger partial charge in [-0.3, -0.25) is 14.4 Å². The van der Waals surface area contributed by atoms with Crippen LogP contribution in [0, 0.1) is 6.42 Å². The number of nitrogens with zero attached hydrogens (tertiary/aromatic N) is 2. The van der Waals surface area contributed by atoms with Crippen molar-refractivity contribution in [1.29, 1.82) is 0 Å². The first-order valence-corrected chi connectivity index (χ1v) is 10.8. The highest BCUT2D eigenvalue weighted by molar-refractivity contribution is 5.87. The van der Waals surface area contributed by atoms with Crippen molar-refractivity contribution in [3.05, 3.63) is 35.9 Å². The molecule has 0 saturated carbocycles. The van der Waals surface area contributed by atoms with Gasteiger partial charge in [-0.2, -0.15) is 5.10 Å². The van der Waals surface area contributed by atoms with Gasteiger partial charge in [0.1, 0.15) is 0 Å². The van der Waals surface area contributed by atoms with Crippen molar-refractivity contribution in [2.75, 3.05) is 26.2 Å². The third kappa shape index (κ3) is 4.21. The lowest BCUT2D eigenvalue weighted by molar-refractivity contribution is -0.884. The van der Waals surface area contributed by atoms with Gasteiger partial charge in [0.05, 0.1) is 43.7 Å². The molecule has 0 aliphatic carbocycles. The quantitative estimate of drug-likeness (QED) is 0.645. The van der Waals surface area contributed by atoms with Crippen LogP contribution in [-0.4, -0.2) is 58.7 Å². The molecular formula is C22H31N5O2+. The molecule has 2 amide bonds. The molecule has 4 N–H and O–H groups in total. The molecule has 7 heteroatoms. The summed E-state index contributed by atoms with van der Waals surface area (Å²) in [5.74, 6) is -0.109. The van der Waals surface area contributed by atoms with E-state index in [0.29, 0.717) is 16.9 Å². The minimum atomic E-state index is -0.373. The summed E-state index contributed by atoms with van der Waals surface area (Å²) in [7, 11) is 0. The smallest absolute Gasteiger partial charge is 0.318 e. The Labute approximate surface area is 171 Å². The number of hydrogen-bond acceptors (Lipinski definition) is 4. The molecule has 1 aromatic heterocycles. The number of aromatic nitrogens is 2. The summed E-state index contributed by atoms with van der Waals surface area (Å²) < 4.78 is 0.629. The second-order valence-corrected chi connectivity index (χ2v) is 8.50. The standard InChI is InChI=1S/C22H30N5O2/c23-20(28)14-17-12-16(13-18-15-25-26-22(17)18)4-5-21(29)27(10-2-1-3-11-27)19-6-8-24-9-7-19/h5,12-13,15,19,24H,1-4,6-11,14H2,(H2-,23,25,26,28)/p+1. The highest BCUT2D eigenvalue weighted by Gasteiger charge is 2.44. The molecule has 2 aliphatic heterocycles. The molecule has 1 radical (unpaired) electrons. The Hall–Kier alpha value is -2.25. The van der Waals surface area contributed by atoms with Crippen LogP contribution in [0.1, 0.15) is 43.2 Å². The predicted octanol–water partition coefficient (Wildman–Crippen LogP) is 1.62. The maximum Gasteiger partial charge on any atom is 0.318 e. The third-order valence-electron chi connectivity index (χ3n) is 6.63. The van der Waals surface area contributed by atoms with E-state index >= 15 is 0 Å². The number of nitrogens with two attached hydrogens (primary N) is 1. The lowest BCUT2D eigenvalue weighted by Crippen LogP contribution is -2.63. The van der Waals surface area contributed by atoms with E-state index in [-0.39, 0.29) is 18.2 Å². The van der Waals surface area contributed by atoms with Crippen LogP contribution < -0.4 is 11.1 Å². The van der Waals surface area contributed by atoms with Crippen LogP contribution in [0.3, 0.4) is 0 Å². The van der Waals surface area contributed by atoms with Gasteiger partial charge in [-0.1, -0.05) is 6.07 Å². The van der Waals surface area contributed by atoms with E-state index in [9.17, 15) is 9.59 Å². The zero-order valence-corrected chi connectivity index (χ0v) is 17.0.